The van der Waals surface area contributed by atoms with Gasteiger partial charge < -0.3 is 29.5 Å². The second-order valence-corrected chi connectivity index (χ2v) is 20.3. The maximum Gasteiger partial charge on any atom is 0.170 e. The third-order valence-electron chi connectivity index (χ3n) is 17.4. The fourth-order valence-corrected chi connectivity index (χ4v) is 14.6. The smallest absolute Gasteiger partial charge is 0.170 e. The van der Waals surface area contributed by atoms with Crippen molar-refractivity contribution in [3.8, 4) is 0 Å². The molecule has 3 aliphatic heterocycles. The molecule has 0 bridgehead atoms. The Morgan fingerprint density at radius 2 is 1.62 bits per heavy atom. The van der Waals surface area contributed by atoms with Crippen molar-refractivity contribution in [2.45, 2.75) is 168 Å². The summed E-state index contributed by atoms with van der Waals surface area (Å²) >= 11 is 0. The van der Waals surface area contributed by atoms with Crippen molar-refractivity contribution < 1.29 is 29.5 Å². The molecule has 3 saturated heterocycles. The lowest BCUT2D eigenvalue weighted by molar-refractivity contribution is -0.253. The van der Waals surface area contributed by atoms with Gasteiger partial charge in [-0.25, -0.2) is 0 Å². The Morgan fingerprint density at radius 3 is 2.31 bits per heavy atom. The number of ether oxygens (including phenoxy) is 3. The van der Waals surface area contributed by atoms with E-state index in [0.29, 0.717) is 40.7 Å². The van der Waals surface area contributed by atoms with Crippen molar-refractivity contribution in [3.05, 3.63) is 0 Å². The van der Waals surface area contributed by atoms with Crippen LogP contribution in [0.2, 0.25) is 0 Å². The SMILES string of the molecule is CC1CC(C(O)C(C)(C)O)OC2C1C1(C)CCC34CC35CCC(OC3CN(C6CN(C(C)C)C6)CCO3)C(C)(C)C5CCC4C1(C)C2O. The highest BCUT2D eigenvalue weighted by atomic mass is 16.7. The summed E-state index contributed by atoms with van der Waals surface area (Å²) in [6.07, 6.45) is 6.90. The standard InChI is InChI=1S/C40H68N2O6/c1-23(2)42-19-25(20-42)41-16-17-46-30(21-41)48-29-12-13-39-22-40(39)15-14-37(8)31-24(3)18-26(33(43)36(6,7)45)47-32(31)34(44)38(37,9)28(40)11-10-27(39)35(29,4)5/h23-34,43-45H,10-22H2,1-9H3. The first-order valence-electron chi connectivity index (χ1n) is 19.9. The third kappa shape index (κ3) is 4.54. The average molecular weight is 673 g/mol. The van der Waals surface area contributed by atoms with E-state index in [0.717, 1.165) is 58.5 Å². The van der Waals surface area contributed by atoms with Crippen LogP contribution in [-0.2, 0) is 14.2 Å². The number of hydrogen-bond donors (Lipinski definition) is 3. The second-order valence-electron chi connectivity index (χ2n) is 20.3. The molecule has 2 spiro atoms. The average Bonchev–Trinajstić information content (AvgIpc) is 3.61. The zero-order valence-electron chi connectivity index (χ0n) is 31.6. The van der Waals surface area contributed by atoms with Gasteiger partial charge in [0.25, 0.3) is 0 Å². The molecule has 5 saturated carbocycles. The molecule has 3 heterocycles. The van der Waals surface area contributed by atoms with Gasteiger partial charge in [-0.2, -0.15) is 0 Å². The van der Waals surface area contributed by atoms with Crippen LogP contribution in [0.3, 0.4) is 0 Å². The Morgan fingerprint density at radius 1 is 0.938 bits per heavy atom. The Kier molecular flexibility index (Phi) is 8.04. The van der Waals surface area contributed by atoms with E-state index < -0.39 is 23.9 Å². The minimum absolute atomic E-state index is 0.0135. The van der Waals surface area contributed by atoms with Gasteiger partial charge in [-0.1, -0.05) is 34.6 Å². The Balaban J connectivity index is 0.991. The van der Waals surface area contributed by atoms with Crippen LogP contribution in [-0.4, -0.2) is 112 Å². The van der Waals surface area contributed by atoms with E-state index in [4.69, 9.17) is 14.2 Å². The molecule has 14 unspecified atom stereocenters. The number of likely N-dealkylation sites (tertiary alicyclic amines) is 1. The molecule has 274 valence electrons. The second kappa shape index (κ2) is 11.1. The molecule has 8 nitrogen and oxygen atoms in total. The number of morpholine rings is 1. The minimum Gasteiger partial charge on any atom is -0.390 e. The zero-order valence-corrected chi connectivity index (χ0v) is 31.6. The predicted octanol–water partition coefficient (Wildman–Crippen LogP) is 5.07. The van der Waals surface area contributed by atoms with E-state index in [2.05, 4.69) is 58.3 Å². The Hall–Kier alpha value is -0.320. The van der Waals surface area contributed by atoms with E-state index in [1.165, 1.54) is 25.7 Å². The van der Waals surface area contributed by atoms with Crippen molar-refractivity contribution in [3.63, 3.8) is 0 Å². The molecular weight excluding hydrogens is 604 g/mol. The number of aliphatic hydroxyl groups excluding tert-OH is 2. The highest BCUT2D eigenvalue weighted by Crippen LogP contribution is 2.89. The summed E-state index contributed by atoms with van der Waals surface area (Å²) in [7, 11) is 0. The van der Waals surface area contributed by atoms with Crippen LogP contribution in [0.25, 0.3) is 0 Å². The lowest BCUT2D eigenvalue weighted by atomic mass is 9.41. The van der Waals surface area contributed by atoms with Crippen LogP contribution >= 0.6 is 0 Å². The molecule has 5 aliphatic carbocycles. The molecule has 8 rings (SSSR count). The molecule has 8 aliphatic rings. The molecule has 8 fully saturated rings. The Bertz CT molecular complexity index is 1250. The number of rotatable bonds is 6. The topological polar surface area (TPSA) is 94.9 Å². The lowest BCUT2D eigenvalue weighted by Gasteiger charge is -2.64. The zero-order chi connectivity index (χ0) is 34.4. The van der Waals surface area contributed by atoms with Gasteiger partial charge in [0, 0.05) is 43.7 Å². The van der Waals surface area contributed by atoms with Crippen LogP contribution in [0.15, 0.2) is 0 Å². The molecule has 0 radical (unpaired) electrons. The first-order valence-corrected chi connectivity index (χ1v) is 19.9. The van der Waals surface area contributed by atoms with Crippen LogP contribution < -0.4 is 0 Å². The number of fused-ring (bicyclic) bond motifs is 4. The summed E-state index contributed by atoms with van der Waals surface area (Å²) in [5.74, 6) is 1.68. The monoisotopic (exact) mass is 673 g/mol. The van der Waals surface area contributed by atoms with Crippen LogP contribution in [0.4, 0.5) is 0 Å². The van der Waals surface area contributed by atoms with Crippen molar-refractivity contribution in [1.82, 2.24) is 9.80 Å². The van der Waals surface area contributed by atoms with E-state index in [1.807, 2.05) is 0 Å². The third-order valence-corrected chi connectivity index (χ3v) is 17.4. The summed E-state index contributed by atoms with van der Waals surface area (Å²) in [6, 6.07) is 1.25. The molecule has 8 heteroatoms. The van der Waals surface area contributed by atoms with Gasteiger partial charge in [0.1, 0.15) is 6.10 Å². The summed E-state index contributed by atoms with van der Waals surface area (Å²) in [5, 5.41) is 34.2. The van der Waals surface area contributed by atoms with Crippen molar-refractivity contribution in [1.29, 1.82) is 0 Å². The van der Waals surface area contributed by atoms with Crippen LogP contribution in [0.1, 0.15) is 114 Å². The van der Waals surface area contributed by atoms with Gasteiger partial charge in [0.05, 0.1) is 36.6 Å². The molecule has 0 amide bonds. The number of aliphatic hydroxyl groups is 3. The van der Waals surface area contributed by atoms with Crippen LogP contribution in [0, 0.1) is 50.7 Å². The first-order chi connectivity index (χ1) is 22.4. The Labute approximate surface area is 290 Å². The highest BCUT2D eigenvalue weighted by molar-refractivity contribution is 5.33. The molecule has 0 aromatic rings. The first kappa shape index (κ1) is 34.7. The number of nitrogens with zero attached hydrogens (tertiary/aromatic N) is 2. The summed E-state index contributed by atoms with van der Waals surface area (Å²) < 4.78 is 20.0. The number of hydrogen-bond acceptors (Lipinski definition) is 8. The quantitative estimate of drug-likeness (QED) is 0.361. The van der Waals surface area contributed by atoms with Crippen LogP contribution in [0.5, 0.6) is 0 Å². The molecule has 0 aromatic heterocycles. The van der Waals surface area contributed by atoms with Gasteiger partial charge >= 0.3 is 0 Å². The summed E-state index contributed by atoms with van der Waals surface area (Å²) in [5.41, 5.74) is -0.781. The van der Waals surface area contributed by atoms with E-state index in [-0.39, 0.29) is 40.7 Å². The molecule has 48 heavy (non-hydrogen) atoms. The normalized spacial score (nSPS) is 52.8. The largest absolute Gasteiger partial charge is 0.390 e. The predicted molar refractivity (Wildman–Crippen MR) is 185 cm³/mol. The molecule has 0 aromatic carbocycles. The highest BCUT2D eigenvalue weighted by Gasteiger charge is 2.84. The van der Waals surface area contributed by atoms with Gasteiger partial charge in [-0.15, -0.1) is 0 Å². The van der Waals surface area contributed by atoms with Crippen molar-refractivity contribution in [2.75, 3.05) is 32.8 Å². The fraction of sp³-hybridized carbons (Fsp3) is 1.00. The molecule has 14 atom stereocenters. The molecule has 3 N–H and O–H groups in total. The van der Waals surface area contributed by atoms with E-state index >= 15 is 0 Å². The summed E-state index contributed by atoms with van der Waals surface area (Å²) in [4.78, 5) is 5.18. The van der Waals surface area contributed by atoms with Gasteiger partial charge in [0.15, 0.2) is 6.29 Å². The van der Waals surface area contributed by atoms with E-state index in [1.54, 1.807) is 13.8 Å². The lowest BCUT2D eigenvalue weighted by Crippen LogP contribution is -2.64. The maximum atomic E-state index is 12.5. The van der Waals surface area contributed by atoms with Crippen molar-refractivity contribution >= 4 is 0 Å². The maximum absolute atomic E-state index is 12.5. The van der Waals surface area contributed by atoms with Gasteiger partial charge in [0.2, 0.25) is 0 Å². The minimum atomic E-state index is -1.24. The van der Waals surface area contributed by atoms with Gasteiger partial charge in [-0.3, -0.25) is 9.80 Å². The summed E-state index contributed by atoms with van der Waals surface area (Å²) in [6.45, 7) is 25.1. The molecular formula is C40H68N2O6. The van der Waals surface area contributed by atoms with E-state index in [9.17, 15) is 15.3 Å². The fourth-order valence-electron chi connectivity index (χ4n) is 14.6. The van der Waals surface area contributed by atoms with Gasteiger partial charge in [-0.05, 0) is 124 Å². The van der Waals surface area contributed by atoms with Crippen molar-refractivity contribution in [2.24, 2.45) is 50.7 Å².